The Morgan fingerprint density at radius 3 is 1.42 bits per heavy atom. The molecule has 4 aromatic rings. The van der Waals surface area contributed by atoms with Crippen molar-refractivity contribution in [3.05, 3.63) is 180 Å². The standard InChI is InChI=1S/C87H140O13Si4/c1-31-42-61(6)56-63(8)78(98-102(27,28)85(16,17)18)74(60-96-87(69-43-38-36-39-44-69,70-45-40-37-41-46-70)71-49-53-73(92-23)54-50-71)80(95-59-68-47-51-72(91-22)52-48-68)65(10)76(89)58-75(88)62(7)57-64(9)77(97-101(25,26)84(13,14)15)66(11)79(100-104(33-3,34-4)35-5)67(12)81(93-24)82(83(90)94-55-32-2)99-103(29,30)86(19,20)21/h31-32,36-54,56-57,61-62,65-67,74,76-82,89H,2,33-35,55,58-60H2,1,3-30H3/b42-31-,63-56+,64-57+/t61-,62-,65-,66+,67+,74+,76-,77-,78+,79-,80-,81-,82+/m0/s1. The van der Waals surface area contributed by atoms with Crippen LogP contribution < -0.4 is 9.47 Å². The van der Waals surface area contributed by atoms with Crippen LogP contribution in [0.5, 0.6) is 11.5 Å². The Balaban J connectivity index is 2.06. The van der Waals surface area contributed by atoms with E-state index >= 15 is 4.79 Å². The molecule has 0 radical (unpaired) electrons. The molecular weight excluding hydrogens is 1370 g/mol. The number of hydrogen-bond acceptors (Lipinski definition) is 13. The number of ether oxygens (including phenoxy) is 6. The van der Waals surface area contributed by atoms with Gasteiger partial charge in [0.15, 0.2) is 39.4 Å². The number of benzene rings is 4. The van der Waals surface area contributed by atoms with Gasteiger partial charge in [-0.05, 0) is 157 Å². The third kappa shape index (κ3) is 24.1. The van der Waals surface area contributed by atoms with Gasteiger partial charge in [-0.2, -0.15) is 0 Å². The summed E-state index contributed by atoms with van der Waals surface area (Å²) in [5.74, 6) is -1.86. The maximum atomic E-state index is 15.6. The van der Waals surface area contributed by atoms with Crippen molar-refractivity contribution < 1.29 is 60.8 Å². The molecule has 0 aliphatic carbocycles. The summed E-state index contributed by atoms with van der Waals surface area (Å²) in [4.78, 5) is 30.1. The topological polar surface area (TPSA) is 147 Å². The van der Waals surface area contributed by atoms with Gasteiger partial charge in [-0.3, -0.25) is 4.79 Å². The first-order valence-corrected chi connectivity index (χ1v) is 49.6. The molecule has 0 spiro atoms. The van der Waals surface area contributed by atoms with E-state index in [1.165, 1.54) is 0 Å². The molecule has 13 nitrogen and oxygen atoms in total. The average Bonchev–Trinajstić information content (AvgIpc) is 0.759. The van der Waals surface area contributed by atoms with Crippen molar-refractivity contribution in [3.8, 4) is 11.5 Å². The van der Waals surface area contributed by atoms with Crippen molar-refractivity contribution in [2.45, 2.75) is 272 Å². The fourth-order valence-electron chi connectivity index (χ4n) is 13.4. The number of rotatable bonds is 43. The number of esters is 1. The van der Waals surface area contributed by atoms with Crippen LogP contribution in [0.2, 0.25) is 72.5 Å². The van der Waals surface area contributed by atoms with Crippen molar-refractivity contribution in [1.82, 2.24) is 0 Å². The summed E-state index contributed by atoms with van der Waals surface area (Å²) in [5, 5.41) is 12.7. The molecule has 0 heterocycles. The summed E-state index contributed by atoms with van der Waals surface area (Å²) < 4.78 is 69.7. The zero-order valence-corrected chi connectivity index (χ0v) is 73.8. The van der Waals surface area contributed by atoms with Gasteiger partial charge in [0.25, 0.3) is 0 Å². The fourth-order valence-corrected chi connectivity index (χ4v) is 20.3. The number of hydrogen-bond donors (Lipinski definition) is 1. The molecule has 1 N–H and O–H groups in total. The van der Waals surface area contributed by atoms with Gasteiger partial charge in [-0.25, -0.2) is 4.79 Å². The van der Waals surface area contributed by atoms with Gasteiger partial charge >= 0.3 is 5.97 Å². The van der Waals surface area contributed by atoms with Crippen LogP contribution in [0.1, 0.15) is 167 Å². The van der Waals surface area contributed by atoms with Gasteiger partial charge in [-0.1, -0.05) is 240 Å². The number of aliphatic hydroxyl groups excluding tert-OH is 1. The van der Waals surface area contributed by atoms with Gasteiger partial charge in [0.2, 0.25) is 0 Å². The summed E-state index contributed by atoms with van der Waals surface area (Å²) in [6.45, 7) is 60.9. The van der Waals surface area contributed by atoms with Crippen molar-refractivity contribution in [1.29, 1.82) is 0 Å². The Bertz CT molecular complexity index is 3280. The molecule has 0 aromatic heterocycles. The minimum absolute atomic E-state index is 0.0282. The van der Waals surface area contributed by atoms with E-state index in [0.29, 0.717) is 5.75 Å². The smallest absolute Gasteiger partial charge is 0.337 e. The van der Waals surface area contributed by atoms with Crippen molar-refractivity contribution in [2.75, 3.05) is 34.5 Å². The Labute approximate surface area is 635 Å². The first kappa shape index (κ1) is 91.5. The number of carbonyl (C=O) groups excluding carboxylic acids is 2. The predicted molar refractivity (Wildman–Crippen MR) is 441 cm³/mol. The number of ketones is 1. The van der Waals surface area contributed by atoms with Gasteiger partial charge in [0.05, 0.1) is 64.1 Å². The fraction of sp³-hybridized carbons (Fsp3) is 0.609. The second kappa shape index (κ2) is 40.0. The average molecular weight is 1510 g/mol. The van der Waals surface area contributed by atoms with Crippen LogP contribution >= 0.6 is 0 Å². The quantitative estimate of drug-likeness (QED) is 0.0194. The van der Waals surface area contributed by atoms with E-state index in [9.17, 15) is 9.90 Å². The van der Waals surface area contributed by atoms with E-state index in [0.717, 1.165) is 57.3 Å². The highest BCUT2D eigenvalue weighted by atomic mass is 28.4. The minimum Gasteiger partial charge on any atom is -0.497 e. The molecular formula is C87H140O13Si4. The summed E-state index contributed by atoms with van der Waals surface area (Å²) in [6.07, 6.45) is 4.51. The first-order chi connectivity index (χ1) is 48.5. The maximum absolute atomic E-state index is 15.6. The van der Waals surface area contributed by atoms with Gasteiger partial charge < -0.3 is 51.2 Å². The molecule has 0 aliphatic rings. The molecule has 4 aromatic carbocycles. The van der Waals surface area contributed by atoms with E-state index < -0.39 is 111 Å². The lowest BCUT2D eigenvalue weighted by Gasteiger charge is -2.47. The van der Waals surface area contributed by atoms with E-state index in [1.807, 2.05) is 99.6 Å². The third-order valence-corrected chi connectivity index (χ3v) is 41.4. The highest BCUT2D eigenvalue weighted by Gasteiger charge is 2.52. The van der Waals surface area contributed by atoms with E-state index in [1.54, 1.807) is 27.4 Å². The van der Waals surface area contributed by atoms with Crippen LogP contribution in [0.3, 0.4) is 0 Å². The zero-order valence-electron chi connectivity index (χ0n) is 69.8. The molecule has 0 aliphatic heterocycles. The second-order valence-corrected chi connectivity index (χ2v) is 52.9. The molecule has 17 heteroatoms. The molecule has 0 bridgehead atoms. The van der Waals surface area contributed by atoms with Gasteiger partial charge in [0.1, 0.15) is 29.5 Å². The highest BCUT2D eigenvalue weighted by molar-refractivity contribution is 6.75. The number of aliphatic hydroxyl groups is 1. The second-order valence-electron chi connectivity index (χ2n) is 33.9. The van der Waals surface area contributed by atoms with Crippen molar-refractivity contribution in [3.63, 3.8) is 0 Å². The minimum atomic E-state index is -2.68. The summed E-state index contributed by atoms with van der Waals surface area (Å²) in [5.41, 5.74) is 4.33. The molecule has 104 heavy (non-hydrogen) atoms. The Kier molecular flexibility index (Phi) is 35.2. The Morgan fingerprint density at radius 2 is 0.990 bits per heavy atom. The SMILES string of the molecule is C=CCOC(=O)[C@H](O[Si](C)(C)C(C)(C)C)[C@@H](OC)[C@H](C)[C@@H](O[Si](CC)(CC)CC)[C@H](C)[C@@H](O[Si](C)(C)C(C)(C)C)/C(C)=C/[C@H](C)C(=O)C[C@H](O)[C@H](C)[C@H](OCc1ccc(OC)cc1)[C@H](COC(c1ccccc1)(c1ccccc1)c1ccc(OC)cc1)[C@H](O[Si](C)(C)C(C)(C)C)/C(C)=C/[C@@H](C)/C=C\C. The van der Waals surface area contributed by atoms with E-state index in [-0.39, 0.29) is 59.0 Å². The van der Waals surface area contributed by atoms with Crippen LogP contribution in [0, 0.1) is 35.5 Å². The van der Waals surface area contributed by atoms with E-state index in [4.69, 9.17) is 46.1 Å². The molecule has 0 amide bonds. The predicted octanol–water partition coefficient (Wildman–Crippen LogP) is 21.5. The lowest BCUT2D eigenvalue weighted by atomic mass is 9.78. The number of methoxy groups -OCH3 is 3. The van der Waals surface area contributed by atoms with Crippen molar-refractivity contribution >= 4 is 45.0 Å². The number of carbonyl (C=O) groups is 2. The first-order valence-electron chi connectivity index (χ1n) is 38.3. The molecule has 582 valence electrons. The van der Waals surface area contributed by atoms with E-state index in [2.05, 4.69) is 218 Å². The Morgan fingerprint density at radius 1 is 0.548 bits per heavy atom. The highest BCUT2D eigenvalue weighted by Crippen LogP contribution is 2.48. The van der Waals surface area contributed by atoms with Crippen LogP contribution in [0.15, 0.2) is 157 Å². The lowest BCUT2D eigenvalue weighted by Crippen LogP contribution is -2.57. The Hall–Kier alpha value is -4.87. The summed E-state index contributed by atoms with van der Waals surface area (Å²) >= 11 is 0. The molecule has 0 unspecified atom stereocenters. The lowest BCUT2D eigenvalue weighted by molar-refractivity contribution is -0.164. The van der Waals surface area contributed by atoms with Crippen LogP contribution in [-0.4, -0.2) is 127 Å². The number of allylic oxidation sites excluding steroid dienone is 4. The van der Waals surface area contributed by atoms with Crippen molar-refractivity contribution in [2.24, 2.45) is 35.5 Å². The molecule has 0 saturated carbocycles. The monoisotopic (exact) mass is 1500 g/mol. The maximum Gasteiger partial charge on any atom is 0.337 e. The van der Waals surface area contributed by atoms with Crippen LogP contribution in [-0.2, 0) is 58.4 Å². The largest absolute Gasteiger partial charge is 0.497 e. The normalized spacial score (nSPS) is 17.4. The third-order valence-electron chi connectivity index (χ3n) is 23.4. The molecule has 0 saturated heterocycles. The number of Topliss-reactive ketones (excluding diaryl/α,β-unsaturated/α-hetero) is 1. The summed E-state index contributed by atoms with van der Waals surface area (Å²) in [7, 11) is -5.39. The van der Waals surface area contributed by atoms with Crippen LogP contribution in [0.25, 0.3) is 0 Å². The van der Waals surface area contributed by atoms with Gasteiger partial charge in [0, 0.05) is 43.1 Å². The molecule has 13 atom stereocenters. The van der Waals surface area contributed by atoms with Crippen LogP contribution in [0.4, 0.5) is 0 Å². The molecule has 0 fully saturated rings. The zero-order chi connectivity index (χ0) is 78.6. The van der Waals surface area contributed by atoms with Gasteiger partial charge in [-0.15, -0.1) is 0 Å². The summed E-state index contributed by atoms with van der Waals surface area (Å²) in [6, 6.07) is 39.3. The molecule has 4 rings (SSSR count).